The average Bonchev–Trinajstić information content (AvgIpc) is 3.23. The summed E-state index contributed by atoms with van der Waals surface area (Å²) in [7, 11) is 1.78. The largest absolute Gasteiger partial charge is 0.333 e. The Morgan fingerprint density at radius 3 is 2.96 bits per heavy atom. The number of carbonyl (C=O) groups is 1. The van der Waals surface area contributed by atoms with E-state index in [0.717, 1.165) is 41.6 Å². The highest BCUT2D eigenvalue weighted by atomic mass is 32.1. The van der Waals surface area contributed by atoms with Crippen LogP contribution in [0.2, 0.25) is 0 Å². The van der Waals surface area contributed by atoms with Gasteiger partial charge in [-0.25, -0.2) is 9.97 Å². The van der Waals surface area contributed by atoms with Gasteiger partial charge in [0.1, 0.15) is 16.6 Å². The fraction of sp³-hybridized carbons (Fsp3) is 0.562. The molecule has 2 N–H and O–H groups in total. The lowest BCUT2D eigenvalue weighted by Crippen LogP contribution is -2.37. The number of amides is 1. The highest BCUT2D eigenvalue weighted by Crippen LogP contribution is 2.32. The molecule has 1 atom stereocenters. The van der Waals surface area contributed by atoms with Crippen LogP contribution in [-0.2, 0) is 11.2 Å². The average molecular weight is 361 g/mol. The van der Waals surface area contributed by atoms with Gasteiger partial charge in [-0.2, -0.15) is 0 Å². The minimum absolute atomic E-state index is 0.00345. The summed E-state index contributed by atoms with van der Waals surface area (Å²) in [6.07, 6.45) is 2.77. The van der Waals surface area contributed by atoms with E-state index in [9.17, 15) is 4.79 Å². The Morgan fingerprint density at radius 2 is 2.24 bits per heavy atom. The van der Waals surface area contributed by atoms with E-state index < -0.39 is 0 Å². The van der Waals surface area contributed by atoms with E-state index in [2.05, 4.69) is 30.8 Å². The lowest BCUT2D eigenvalue weighted by Gasteiger charge is -2.24. The summed E-state index contributed by atoms with van der Waals surface area (Å²) < 4.78 is 0. The van der Waals surface area contributed by atoms with Gasteiger partial charge in [-0.3, -0.25) is 4.79 Å². The van der Waals surface area contributed by atoms with Crippen LogP contribution in [0.25, 0.3) is 0 Å². The van der Waals surface area contributed by atoms with Crippen LogP contribution in [0.3, 0.4) is 0 Å². The van der Waals surface area contributed by atoms with Gasteiger partial charge in [0.05, 0.1) is 18.3 Å². The van der Waals surface area contributed by atoms with Crippen molar-refractivity contribution in [3.63, 3.8) is 0 Å². The van der Waals surface area contributed by atoms with Gasteiger partial charge in [-0.05, 0) is 33.2 Å². The number of anilines is 2. The topological polar surface area (TPSA) is 95.9 Å². The summed E-state index contributed by atoms with van der Waals surface area (Å²) in [5.74, 6) is 1.47. The molecule has 0 bridgehead atoms. The highest BCUT2D eigenvalue weighted by molar-refractivity contribution is 7.15. The Bertz CT molecular complexity index is 748. The molecule has 1 fully saturated rings. The minimum Gasteiger partial charge on any atom is -0.333 e. The molecule has 2 aromatic rings. The van der Waals surface area contributed by atoms with Gasteiger partial charge in [0.25, 0.3) is 0 Å². The van der Waals surface area contributed by atoms with Crippen LogP contribution >= 0.6 is 11.3 Å². The lowest BCUT2D eigenvalue weighted by molar-refractivity contribution is -0.131. The molecule has 0 spiro atoms. The van der Waals surface area contributed by atoms with E-state index in [1.54, 1.807) is 7.05 Å². The summed E-state index contributed by atoms with van der Waals surface area (Å²) >= 11 is 1.52. The van der Waals surface area contributed by atoms with Gasteiger partial charge in [-0.15, -0.1) is 10.2 Å². The molecule has 0 aliphatic carbocycles. The molecule has 1 aliphatic heterocycles. The quantitative estimate of drug-likeness (QED) is 0.810. The molecule has 3 rings (SSSR count). The van der Waals surface area contributed by atoms with Gasteiger partial charge in [0, 0.05) is 12.6 Å². The van der Waals surface area contributed by atoms with Crippen molar-refractivity contribution in [1.29, 1.82) is 0 Å². The number of likely N-dealkylation sites (N-methyl/N-ethyl adjacent to an activating group) is 1. The highest BCUT2D eigenvalue weighted by Gasteiger charge is 2.31. The third-order valence-electron chi connectivity index (χ3n) is 4.10. The monoisotopic (exact) mass is 361 g/mol. The maximum absolute atomic E-state index is 12.3. The van der Waals surface area contributed by atoms with E-state index >= 15 is 0 Å². The Labute approximate surface area is 151 Å². The molecule has 8 nitrogen and oxygen atoms in total. The number of nitrogens with zero attached hydrogens (tertiary/aromatic N) is 5. The van der Waals surface area contributed by atoms with Crippen LogP contribution < -0.4 is 10.6 Å². The number of carbonyl (C=O) groups excluding carboxylic acids is 1. The summed E-state index contributed by atoms with van der Waals surface area (Å²) in [5, 5.41) is 16.1. The van der Waals surface area contributed by atoms with Gasteiger partial charge in [-0.1, -0.05) is 18.3 Å². The van der Waals surface area contributed by atoms with Gasteiger partial charge < -0.3 is 15.5 Å². The predicted octanol–water partition coefficient (Wildman–Crippen LogP) is 1.83. The van der Waals surface area contributed by atoms with Crippen molar-refractivity contribution in [3.05, 3.63) is 22.6 Å². The lowest BCUT2D eigenvalue weighted by atomic mass is 10.1. The Morgan fingerprint density at radius 1 is 1.40 bits per heavy atom. The van der Waals surface area contributed by atoms with Crippen molar-refractivity contribution in [1.82, 2.24) is 30.4 Å². The predicted molar refractivity (Wildman–Crippen MR) is 97.0 cm³/mol. The summed E-state index contributed by atoms with van der Waals surface area (Å²) in [6.45, 7) is 5.03. The first-order valence-corrected chi connectivity index (χ1v) is 9.31. The molecule has 0 aromatic carbocycles. The molecule has 1 saturated heterocycles. The van der Waals surface area contributed by atoms with Crippen LogP contribution in [0.1, 0.15) is 42.3 Å². The normalized spacial score (nSPS) is 17.1. The van der Waals surface area contributed by atoms with E-state index in [4.69, 9.17) is 0 Å². The molecule has 1 unspecified atom stereocenters. The van der Waals surface area contributed by atoms with E-state index in [1.165, 1.54) is 11.3 Å². The van der Waals surface area contributed by atoms with Crippen LogP contribution in [-0.4, -0.2) is 51.1 Å². The zero-order valence-corrected chi connectivity index (χ0v) is 15.6. The first kappa shape index (κ1) is 17.7. The van der Waals surface area contributed by atoms with Crippen molar-refractivity contribution >= 4 is 28.2 Å². The summed E-state index contributed by atoms with van der Waals surface area (Å²) in [5.41, 5.74) is 0.872. The SMILES string of the molecule is CCc1nnc(Nc2cc(C3CCCN3C(=O)CNC)nc(C)n2)s1. The molecule has 25 heavy (non-hydrogen) atoms. The fourth-order valence-electron chi connectivity index (χ4n) is 3.01. The third kappa shape index (κ3) is 4.10. The van der Waals surface area contributed by atoms with Crippen molar-refractivity contribution in [2.24, 2.45) is 0 Å². The van der Waals surface area contributed by atoms with Gasteiger partial charge in [0.15, 0.2) is 0 Å². The molecule has 134 valence electrons. The Hall–Kier alpha value is -2.13. The second kappa shape index (κ2) is 7.83. The Balaban J connectivity index is 1.82. The van der Waals surface area contributed by atoms with Crippen molar-refractivity contribution in [3.8, 4) is 0 Å². The standard InChI is InChI=1S/C16H23N7OS/c1-4-14-21-22-16(25-14)20-13-8-11(18-10(2)19-13)12-6-5-7-23(12)15(24)9-17-3/h8,12,17H,4-7,9H2,1-3H3,(H,18,19,20,22). The molecular weight excluding hydrogens is 338 g/mol. The molecule has 1 aliphatic rings. The number of aryl methyl sites for hydroxylation is 2. The number of hydrogen-bond donors (Lipinski definition) is 2. The minimum atomic E-state index is 0.00345. The van der Waals surface area contributed by atoms with Gasteiger partial charge >= 0.3 is 0 Å². The number of likely N-dealkylation sites (tertiary alicyclic amines) is 1. The third-order valence-corrected chi connectivity index (χ3v) is 5.09. The first-order chi connectivity index (χ1) is 12.1. The van der Waals surface area contributed by atoms with E-state index in [0.29, 0.717) is 18.2 Å². The molecule has 1 amide bonds. The van der Waals surface area contributed by atoms with Crippen LogP contribution in [0.5, 0.6) is 0 Å². The van der Waals surface area contributed by atoms with Crippen molar-refractivity contribution < 1.29 is 4.79 Å². The molecule has 2 aromatic heterocycles. The number of hydrogen-bond acceptors (Lipinski definition) is 8. The van der Waals surface area contributed by atoms with Crippen molar-refractivity contribution in [2.45, 2.75) is 39.2 Å². The van der Waals surface area contributed by atoms with Crippen LogP contribution in [0, 0.1) is 6.92 Å². The Kier molecular flexibility index (Phi) is 5.54. The maximum Gasteiger partial charge on any atom is 0.237 e. The summed E-state index contributed by atoms with van der Waals surface area (Å²) in [6, 6.07) is 1.92. The number of nitrogens with one attached hydrogen (secondary N) is 2. The second-order valence-corrected chi connectivity index (χ2v) is 7.04. The first-order valence-electron chi connectivity index (χ1n) is 8.49. The van der Waals surface area contributed by atoms with Crippen LogP contribution in [0.4, 0.5) is 10.9 Å². The smallest absolute Gasteiger partial charge is 0.237 e. The zero-order chi connectivity index (χ0) is 17.8. The second-order valence-electron chi connectivity index (χ2n) is 5.98. The molecular formula is C16H23N7OS. The molecule has 0 radical (unpaired) electrons. The molecule has 0 saturated carbocycles. The molecule has 3 heterocycles. The maximum atomic E-state index is 12.3. The van der Waals surface area contributed by atoms with Crippen molar-refractivity contribution in [2.75, 3.05) is 25.5 Å². The fourth-order valence-corrected chi connectivity index (χ4v) is 3.69. The van der Waals surface area contributed by atoms with E-state index in [-0.39, 0.29) is 11.9 Å². The van der Waals surface area contributed by atoms with Gasteiger partial charge in [0.2, 0.25) is 11.0 Å². The number of aromatic nitrogens is 4. The number of rotatable bonds is 6. The summed E-state index contributed by atoms with van der Waals surface area (Å²) in [4.78, 5) is 23.2. The molecule has 9 heteroatoms. The van der Waals surface area contributed by atoms with E-state index in [1.807, 2.05) is 24.8 Å². The zero-order valence-electron chi connectivity index (χ0n) is 14.7. The van der Waals surface area contributed by atoms with Crippen LogP contribution in [0.15, 0.2) is 6.07 Å².